The molecule has 10 nitrogen and oxygen atoms in total. The number of alkyl halides is 2. The molecule has 0 atom stereocenters. The van der Waals surface area contributed by atoms with E-state index in [1.54, 1.807) is 47.2 Å². The van der Waals surface area contributed by atoms with Gasteiger partial charge in [0.25, 0.3) is 11.8 Å². The molecule has 0 saturated heterocycles. The molecule has 206 valence electrons. The molecule has 0 spiro atoms. The third-order valence-corrected chi connectivity index (χ3v) is 6.65. The molecule has 0 unspecified atom stereocenters. The number of rotatable bonds is 7. The smallest absolute Gasteiger partial charge is 0.322 e. The van der Waals surface area contributed by atoms with Crippen molar-refractivity contribution < 1.29 is 18.4 Å². The van der Waals surface area contributed by atoms with Crippen LogP contribution in [0.5, 0.6) is 0 Å². The van der Waals surface area contributed by atoms with E-state index in [2.05, 4.69) is 25.7 Å². The summed E-state index contributed by atoms with van der Waals surface area (Å²) in [6, 6.07) is 12.0. The van der Waals surface area contributed by atoms with Gasteiger partial charge in [0.1, 0.15) is 11.6 Å². The van der Waals surface area contributed by atoms with Crippen LogP contribution >= 0.6 is 0 Å². The largest absolute Gasteiger partial charge is 0.330 e. The molecule has 1 aliphatic rings. The van der Waals surface area contributed by atoms with Gasteiger partial charge in [-0.25, -0.2) is 23.2 Å². The summed E-state index contributed by atoms with van der Waals surface area (Å²) in [5.74, 6) is -2.04. The van der Waals surface area contributed by atoms with Crippen molar-refractivity contribution in [3.63, 3.8) is 0 Å². The number of carbonyl (C=O) groups is 2. The molecule has 40 heavy (non-hydrogen) atoms. The van der Waals surface area contributed by atoms with Gasteiger partial charge in [-0.3, -0.25) is 14.6 Å². The van der Waals surface area contributed by atoms with E-state index >= 15 is 0 Å². The zero-order valence-electron chi connectivity index (χ0n) is 22.4. The number of fused-ring (bicyclic) bond motifs is 1. The highest BCUT2D eigenvalue weighted by Crippen LogP contribution is 2.34. The number of nitrogens with one attached hydrogen (secondary N) is 2. The monoisotopic (exact) mass is 546 g/mol. The maximum Gasteiger partial charge on any atom is 0.330 e. The Kier molecular flexibility index (Phi) is 6.92. The van der Waals surface area contributed by atoms with Crippen LogP contribution in [0.2, 0.25) is 0 Å². The quantitative estimate of drug-likeness (QED) is 0.309. The third kappa shape index (κ3) is 5.20. The molecule has 0 fully saturated rings. The Labute approximate surface area is 229 Å². The van der Waals surface area contributed by atoms with Crippen molar-refractivity contribution in [1.82, 2.24) is 19.7 Å². The average molecular weight is 547 g/mol. The SMILES string of the molecule is CCn1nccc1Nc1ncc2c(n1)N(C)C(=O)N(c1cc(NC(=O)c3cccc(C(C)(F)F)c3)ccc1C)C2. The van der Waals surface area contributed by atoms with Crippen LogP contribution in [-0.2, 0) is 19.0 Å². The van der Waals surface area contributed by atoms with Gasteiger partial charge in [0.05, 0.1) is 18.4 Å². The van der Waals surface area contributed by atoms with E-state index in [9.17, 15) is 18.4 Å². The number of hydrogen-bond donors (Lipinski definition) is 2. The van der Waals surface area contributed by atoms with Crippen molar-refractivity contribution in [1.29, 1.82) is 0 Å². The van der Waals surface area contributed by atoms with Gasteiger partial charge in [-0.2, -0.15) is 10.1 Å². The number of amides is 3. The fraction of sp³-hybridized carbons (Fsp3) is 0.250. The number of aromatic nitrogens is 4. The fourth-order valence-corrected chi connectivity index (χ4v) is 4.48. The molecule has 2 N–H and O–H groups in total. The van der Waals surface area contributed by atoms with Crippen LogP contribution in [-0.4, -0.2) is 38.7 Å². The highest BCUT2D eigenvalue weighted by molar-refractivity contribution is 6.07. The number of hydrogen-bond acceptors (Lipinski definition) is 6. The normalized spacial score (nSPS) is 13.3. The summed E-state index contributed by atoms with van der Waals surface area (Å²) in [6.45, 7) is 5.51. The Morgan fingerprint density at radius 1 is 1.15 bits per heavy atom. The first-order valence-electron chi connectivity index (χ1n) is 12.7. The number of nitrogens with zero attached hydrogens (tertiary/aromatic N) is 6. The highest BCUT2D eigenvalue weighted by atomic mass is 19.3. The van der Waals surface area contributed by atoms with E-state index in [0.29, 0.717) is 29.7 Å². The molecule has 0 aliphatic carbocycles. The fourth-order valence-electron chi connectivity index (χ4n) is 4.48. The van der Waals surface area contributed by atoms with Gasteiger partial charge in [0, 0.05) is 55.2 Å². The van der Waals surface area contributed by atoms with E-state index in [-0.39, 0.29) is 23.7 Å². The Hall–Kier alpha value is -4.87. The van der Waals surface area contributed by atoms with E-state index in [1.165, 1.54) is 29.2 Å². The van der Waals surface area contributed by atoms with Crippen molar-refractivity contribution in [3.05, 3.63) is 83.2 Å². The third-order valence-electron chi connectivity index (χ3n) is 6.65. The topological polar surface area (TPSA) is 108 Å². The van der Waals surface area contributed by atoms with Crippen molar-refractivity contribution in [2.45, 2.75) is 39.8 Å². The van der Waals surface area contributed by atoms with Gasteiger partial charge < -0.3 is 10.6 Å². The Morgan fingerprint density at radius 2 is 1.95 bits per heavy atom. The van der Waals surface area contributed by atoms with Crippen LogP contribution in [0.3, 0.4) is 0 Å². The van der Waals surface area contributed by atoms with Gasteiger partial charge in [0.2, 0.25) is 5.95 Å². The second-order valence-corrected chi connectivity index (χ2v) is 9.55. The van der Waals surface area contributed by atoms with Crippen molar-refractivity contribution in [2.24, 2.45) is 0 Å². The molecular weight excluding hydrogens is 518 g/mol. The summed E-state index contributed by atoms with van der Waals surface area (Å²) in [5.41, 5.74) is 2.41. The number of carbonyl (C=O) groups excluding carboxylic acids is 2. The maximum atomic E-state index is 13.8. The molecule has 3 amide bonds. The predicted molar refractivity (Wildman–Crippen MR) is 148 cm³/mol. The summed E-state index contributed by atoms with van der Waals surface area (Å²) < 4.78 is 29.3. The summed E-state index contributed by atoms with van der Waals surface area (Å²) in [4.78, 5) is 38.3. The van der Waals surface area contributed by atoms with Crippen LogP contribution in [0.15, 0.2) is 60.9 Å². The molecule has 0 saturated carbocycles. The van der Waals surface area contributed by atoms with E-state index < -0.39 is 11.8 Å². The first-order chi connectivity index (χ1) is 19.0. The molecule has 1 aliphatic heterocycles. The van der Waals surface area contributed by atoms with E-state index in [0.717, 1.165) is 23.9 Å². The van der Waals surface area contributed by atoms with Crippen LogP contribution in [0, 0.1) is 6.92 Å². The number of halogens is 2. The second-order valence-electron chi connectivity index (χ2n) is 9.55. The Morgan fingerprint density at radius 3 is 2.70 bits per heavy atom. The highest BCUT2D eigenvalue weighted by Gasteiger charge is 2.32. The molecule has 0 bridgehead atoms. The molecule has 5 rings (SSSR count). The van der Waals surface area contributed by atoms with Gasteiger partial charge in [-0.05, 0) is 43.7 Å². The zero-order valence-corrected chi connectivity index (χ0v) is 22.4. The minimum Gasteiger partial charge on any atom is -0.322 e. The molecule has 2 aromatic heterocycles. The Balaban J connectivity index is 1.38. The lowest BCUT2D eigenvalue weighted by atomic mass is 10.1. The lowest BCUT2D eigenvalue weighted by Crippen LogP contribution is -2.46. The van der Waals surface area contributed by atoms with E-state index in [4.69, 9.17) is 0 Å². The number of urea groups is 1. The lowest BCUT2D eigenvalue weighted by Gasteiger charge is -2.35. The van der Waals surface area contributed by atoms with Crippen molar-refractivity contribution in [3.8, 4) is 0 Å². The van der Waals surface area contributed by atoms with Crippen molar-refractivity contribution in [2.75, 3.05) is 27.5 Å². The molecule has 4 aromatic rings. The van der Waals surface area contributed by atoms with Crippen LogP contribution in [0.1, 0.15) is 40.9 Å². The first kappa shape index (κ1) is 26.7. The average Bonchev–Trinajstić information content (AvgIpc) is 3.38. The molecule has 2 aromatic carbocycles. The molecular formula is C28H28F2N8O2. The molecule has 3 heterocycles. The molecule has 0 radical (unpaired) electrons. The van der Waals surface area contributed by atoms with Crippen LogP contribution < -0.4 is 20.4 Å². The number of aryl methyl sites for hydroxylation is 2. The van der Waals surface area contributed by atoms with Crippen molar-refractivity contribution >= 4 is 40.9 Å². The van der Waals surface area contributed by atoms with Gasteiger partial charge in [0.15, 0.2) is 0 Å². The summed E-state index contributed by atoms with van der Waals surface area (Å²) in [7, 11) is 1.64. The number of benzene rings is 2. The summed E-state index contributed by atoms with van der Waals surface area (Å²) in [5, 5.41) is 10.1. The van der Waals surface area contributed by atoms with Gasteiger partial charge in [-0.15, -0.1) is 0 Å². The van der Waals surface area contributed by atoms with E-state index in [1.807, 2.05) is 19.9 Å². The summed E-state index contributed by atoms with van der Waals surface area (Å²) in [6.07, 6.45) is 3.35. The second kappa shape index (κ2) is 10.4. The first-order valence-corrected chi connectivity index (χ1v) is 12.7. The minimum absolute atomic E-state index is 0.104. The van der Waals surface area contributed by atoms with Gasteiger partial charge >= 0.3 is 6.03 Å². The lowest BCUT2D eigenvalue weighted by molar-refractivity contribution is 0.0174. The van der Waals surface area contributed by atoms with Crippen LogP contribution in [0.4, 0.5) is 42.5 Å². The standard InChI is InChI=1S/C28H28F2N8O2/c1-5-38-23(11-12-32-38)34-26-31-15-19-16-37(27(40)36(4)24(19)35-26)22-14-21(10-9-17(22)2)33-25(39)18-7-6-8-20(13-18)28(3,29)30/h6-15H,5,16H2,1-4H3,(H,33,39)(H,31,34,35). The predicted octanol–water partition coefficient (Wildman–Crippen LogP) is 5.69. The maximum absolute atomic E-state index is 13.8. The summed E-state index contributed by atoms with van der Waals surface area (Å²) >= 11 is 0. The minimum atomic E-state index is -3.07. The van der Waals surface area contributed by atoms with Crippen LogP contribution in [0.25, 0.3) is 0 Å². The zero-order chi connectivity index (χ0) is 28.6. The number of anilines is 5. The molecule has 12 heteroatoms. The Bertz CT molecular complexity index is 1600. The van der Waals surface area contributed by atoms with Gasteiger partial charge in [-0.1, -0.05) is 18.2 Å².